The normalized spacial score (nSPS) is 11.8. The van der Waals surface area contributed by atoms with Crippen LogP contribution in [0.15, 0.2) is 18.3 Å². The largest absolute Gasteiger partial charge is 0.417 e. The molecule has 0 amide bonds. The summed E-state index contributed by atoms with van der Waals surface area (Å²) in [5, 5.41) is 6.43. The average molecular weight is 275 g/mol. The first kappa shape index (κ1) is 15.9. The Labute approximate surface area is 111 Å². The fourth-order valence-corrected chi connectivity index (χ4v) is 1.55. The van der Waals surface area contributed by atoms with Gasteiger partial charge in [-0.05, 0) is 44.6 Å². The Morgan fingerprint density at radius 3 is 2.42 bits per heavy atom. The molecule has 1 aromatic heterocycles. The predicted molar refractivity (Wildman–Crippen MR) is 68.7 cm³/mol. The summed E-state index contributed by atoms with van der Waals surface area (Å²) in [6.45, 7) is 5.38. The molecule has 0 aliphatic heterocycles. The Hall–Kier alpha value is -1.14. The summed E-state index contributed by atoms with van der Waals surface area (Å²) >= 11 is 0. The molecule has 2 N–H and O–H groups in total. The molecule has 0 bridgehead atoms. The van der Waals surface area contributed by atoms with Crippen LogP contribution < -0.4 is 10.6 Å². The van der Waals surface area contributed by atoms with Crippen molar-refractivity contribution >= 4 is 0 Å². The number of pyridine rings is 1. The van der Waals surface area contributed by atoms with E-state index in [0.29, 0.717) is 12.2 Å². The lowest BCUT2D eigenvalue weighted by Gasteiger charge is -2.08. The minimum atomic E-state index is -4.32. The Morgan fingerprint density at radius 2 is 1.84 bits per heavy atom. The third-order valence-corrected chi connectivity index (χ3v) is 2.59. The molecule has 1 heterocycles. The van der Waals surface area contributed by atoms with Crippen molar-refractivity contribution in [1.82, 2.24) is 15.6 Å². The van der Waals surface area contributed by atoms with E-state index in [9.17, 15) is 13.2 Å². The summed E-state index contributed by atoms with van der Waals surface area (Å²) in [6.07, 6.45) is -1.34. The van der Waals surface area contributed by atoms with Crippen molar-refractivity contribution in [1.29, 1.82) is 0 Å². The average Bonchev–Trinajstić information content (AvgIpc) is 2.37. The van der Waals surface area contributed by atoms with Gasteiger partial charge < -0.3 is 10.6 Å². The Bertz CT molecular complexity index is 349. The lowest BCUT2D eigenvalue weighted by Crippen LogP contribution is -2.22. The van der Waals surface area contributed by atoms with Crippen LogP contribution in [0, 0.1) is 0 Å². The van der Waals surface area contributed by atoms with Crippen LogP contribution in [0.3, 0.4) is 0 Å². The quantitative estimate of drug-likeness (QED) is 0.716. The van der Waals surface area contributed by atoms with Crippen LogP contribution in [0.5, 0.6) is 0 Å². The number of alkyl halides is 3. The number of nitrogens with one attached hydrogen (secondary N) is 2. The van der Waals surface area contributed by atoms with E-state index in [1.807, 2.05) is 0 Å². The van der Waals surface area contributed by atoms with Crippen molar-refractivity contribution in [2.75, 3.05) is 19.6 Å². The molecule has 0 aliphatic rings. The molecule has 0 atom stereocenters. The standard InChI is InChI=1S/C13H20F3N3/c1-2-6-17-7-3-8-18-10-12-5-4-11(9-19-12)13(14,15)16/h4-5,9,17-18H,2-3,6-8,10H2,1H3. The van der Waals surface area contributed by atoms with Crippen LogP contribution in [0.2, 0.25) is 0 Å². The summed E-state index contributed by atoms with van der Waals surface area (Å²) in [4.78, 5) is 3.79. The van der Waals surface area contributed by atoms with E-state index in [4.69, 9.17) is 0 Å². The van der Waals surface area contributed by atoms with Crippen LogP contribution in [-0.2, 0) is 12.7 Å². The van der Waals surface area contributed by atoms with Crippen molar-refractivity contribution in [3.63, 3.8) is 0 Å². The number of aromatic nitrogens is 1. The molecule has 0 spiro atoms. The second-order valence-electron chi connectivity index (χ2n) is 4.32. The molecule has 0 aromatic carbocycles. The fraction of sp³-hybridized carbons (Fsp3) is 0.615. The highest BCUT2D eigenvalue weighted by Gasteiger charge is 2.30. The lowest BCUT2D eigenvalue weighted by atomic mass is 10.2. The highest BCUT2D eigenvalue weighted by Crippen LogP contribution is 2.28. The van der Waals surface area contributed by atoms with Crippen LogP contribution in [0.25, 0.3) is 0 Å². The summed E-state index contributed by atoms with van der Waals surface area (Å²) < 4.78 is 36.9. The van der Waals surface area contributed by atoms with Gasteiger partial charge in [-0.25, -0.2) is 0 Å². The van der Waals surface area contributed by atoms with E-state index in [-0.39, 0.29) is 0 Å². The number of hydrogen-bond acceptors (Lipinski definition) is 3. The zero-order chi connectivity index (χ0) is 14.1. The monoisotopic (exact) mass is 275 g/mol. The van der Waals surface area contributed by atoms with Crippen LogP contribution in [-0.4, -0.2) is 24.6 Å². The molecule has 0 radical (unpaired) electrons. The van der Waals surface area contributed by atoms with E-state index in [0.717, 1.165) is 44.7 Å². The van der Waals surface area contributed by atoms with Crippen molar-refractivity contribution in [3.05, 3.63) is 29.6 Å². The van der Waals surface area contributed by atoms with Crippen molar-refractivity contribution < 1.29 is 13.2 Å². The molecule has 0 saturated heterocycles. The zero-order valence-electron chi connectivity index (χ0n) is 11.1. The van der Waals surface area contributed by atoms with Crippen LogP contribution >= 0.6 is 0 Å². The summed E-state index contributed by atoms with van der Waals surface area (Å²) in [5.74, 6) is 0. The molecule has 0 aliphatic carbocycles. The van der Waals surface area contributed by atoms with Crippen molar-refractivity contribution in [2.45, 2.75) is 32.5 Å². The second kappa shape index (κ2) is 8.12. The van der Waals surface area contributed by atoms with Gasteiger partial charge in [-0.2, -0.15) is 13.2 Å². The first-order valence-corrected chi connectivity index (χ1v) is 6.47. The molecule has 0 saturated carbocycles. The smallest absolute Gasteiger partial charge is 0.317 e. The molecule has 3 nitrogen and oxygen atoms in total. The van der Waals surface area contributed by atoms with Gasteiger partial charge in [0, 0.05) is 12.7 Å². The number of hydrogen-bond donors (Lipinski definition) is 2. The van der Waals surface area contributed by atoms with Gasteiger partial charge in [0.25, 0.3) is 0 Å². The van der Waals surface area contributed by atoms with Gasteiger partial charge in [-0.15, -0.1) is 0 Å². The Kier molecular flexibility index (Phi) is 6.80. The van der Waals surface area contributed by atoms with Gasteiger partial charge in [-0.3, -0.25) is 4.98 Å². The van der Waals surface area contributed by atoms with Gasteiger partial charge in [0.1, 0.15) is 0 Å². The molecule has 1 rings (SSSR count). The number of halogens is 3. The number of nitrogens with zero attached hydrogens (tertiary/aromatic N) is 1. The van der Waals surface area contributed by atoms with Crippen molar-refractivity contribution in [3.8, 4) is 0 Å². The minimum absolute atomic E-state index is 0.492. The molecule has 0 unspecified atom stereocenters. The SMILES string of the molecule is CCCNCCCNCc1ccc(C(F)(F)F)cn1. The van der Waals surface area contributed by atoms with E-state index >= 15 is 0 Å². The third kappa shape index (κ3) is 6.54. The third-order valence-electron chi connectivity index (χ3n) is 2.59. The molecule has 108 valence electrons. The van der Waals surface area contributed by atoms with Gasteiger partial charge in [0.15, 0.2) is 0 Å². The molecule has 19 heavy (non-hydrogen) atoms. The highest BCUT2D eigenvalue weighted by molar-refractivity contribution is 5.16. The Balaban J connectivity index is 2.20. The summed E-state index contributed by atoms with van der Waals surface area (Å²) in [7, 11) is 0. The van der Waals surface area contributed by atoms with Crippen LogP contribution in [0.1, 0.15) is 31.0 Å². The van der Waals surface area contributed by atoms with Crippen LogP contribution in [0.4, 0.5) is 13.2 Å². The second-order valence-corrected chi connectivity index (χ2v) is 4.32. The molecular formula is C13H20F3N3. The maximum absolute atomic E-state index is 12.3. The van der Waals surface area contributed by atoms with Gasteiger partial charge in [-0.1, -0.05) is 6.92 Å². The zero-order valence-corrected chi connectivity index (χ0v) is 11.1. The first-order chi connectivity index (χ1) is 9.04. The van der Waals surface area contributed by atoms with E-state index in [1.54, 1.807) is 0 Å². The minimum Gasteiger partial charge on any atom is -0.317 e. The fourth-order valence-electron chi connectivity index (χ4n) is 1.55. The summed E-state index contributed by atoms with van der Waals surface area (Å²) in [6, 6.07) is 2.47. The predicted octanol–water partition coefficient (Wildman–Crippen LogP) is 2.58. The lowest BCUT2D eigenvalue weighted by molar-refractivity contribution is -0.137. The molecule has 1 aromatic rings. The van der Waals surface area contributed by atoms with Crippen molar-refractivity contribution in [2.24, 2.45) is 0 Å². The maximum atomic E-state index is 12.3. The molecular weight excluding hydrogens is 255 g/mol. The maximum Gasteiger partial charge on any atom is 0.417 e. The van der Waals surface area contributed by atoms with Gasteiger partial charge in [0.2, 0.25) is 0 Å². The summed E-state index contributed by atoms with van der Waals surface area (Å²) in [5.41, 5.74) is -0.0884. The molecule has 6 heteroatoms. The Morgan fingerprint density at radius 1 is 1.11 bits per heavy atom. The first-order valence-electron chi connectivity index (χ1n) is 6.47. The topological polar surface area (TPSA) is 37.0 Å². The van der Waals surface area contributed by atoms with E-state index in [1.165, 1.54) is 6.07 Å². The number of rotatable bonds is 8. The van der Waals surface area contributed by atoms with E-state index in [2.05, 4.69) is 22.5 Å². The molecule has 0 fully saturated rings. The van der Waals surface area contributed by atoms with Gasteiger partial charge >= 0.3 is 6.18 Å². The highest BCUT2D eigenvalue weighted by atomic mass is 19.4. The van der Waals surface area contributed by atoms with E-state index < -0.39 is 11.7 Å². The van der Waals surface area contributed by atoms with Gasteiger partial charge in [0.05, 0.1) is 11.3 Å².